The van der Waals surface area contributed by atoms with Crippen LogP contribution in [0.25, 0.3) is 10.9 Å². The highest BCUT2D eigenvalue weighted by Gasteiger charge is 2.13. The van der Waals surface area contributed by atoms with Gasteiger partial charge in [-0.05, 0) is 24.3 Å². The molecule has 0 saturated carbocycles. The molecule has 22 heavy (non-hydrogen) atoms. The van der Waals surface area contributed by atoms with Crippen molar-refractivity contribution in [1.82, 2.24) is 15.0 Å². The fourth-order valence-corrected chi connectivity index (χ4v) is 2.25. The number of aromatic nitrogens is 2. The topological polar surface area (TPSA) is 79.2 Å². The van der Waals surface area contributed by atoms with Crippen molar-refractivity contribution in [2.45, 2.75) is 0 Å². The molecular weight excluding hydrogens is 280 g/mol. The molecule has 0 fully saturated rings. The molecule has 0 aliphatic rings. The number of nitrogens with zero attached hydrogens (tertiary/aromatic N) is 2. The number of aromatic amines is 1. The van der Waals surface area contributed by atoms with E-state index in [9.17, 15) is 9.59 Å². The summed E-state index contributed by atoms with van der Waals surface area (Å²) >= 11 is 0. The number of benzene rings is 1. The Labute approximate surface area is 126 Å². The van der Waals surface area contributed by atoms with Crippen LogP contribution < -0.4 is 10.9 Å². The van der Waals surface area contributed by atoms with Gasteiger partial charge in [0.05, 0.1) is 17.4 Å². The molecule has 6 heteroatoms. The first-order valence-corrected chi connectivity index (χ1v) is 6.72. The molecule has 6 nitrogen and oxygen atoms in total. The van der Waals surface area contributed by atoms with Gasteiger partial charge < -0.3 is 9.55 Å². The van der Waals surface area contributed by atoms with Crippen LogP contribution in [0.1, 0.15) is 16.1 Å². The van der Waals surface area contributed by atoms with Gasteiger partial charge in [0.1, 0.15) is 5.56 Å². The van der Waals surface area contributed by atoms with E-state index in [-0.39, 0.29) is 11.0 Å². The predicted molar refractivity (Wildman–Crippen MR) is 85.0 cm³/mol. The maximum Gasteiger partial charge on any atom is 0.276 e. The fraction of sp³-hybridized carbons (Fsp3) is 0.0625. The number of aryl methyl sites for hydroxylation is 1. The summed E-state index contributed by atoms with van der Waals surface area (Å²) in [4.78, 5) is 27.5. The molecule has 110 valence electrons. The van der Waals surface area contributed by atoms with Crippen LogP contribution in [0, 0.1) is 0 Å². The standard InChI is InChI=1S/C16H14N4O2/c1-20-10-13(15(21)12-6-2-3-7-14(12)20)16(22)19-18-9-11-5-4-8-17-11/h2-10,17H,1H3,(H,19,22)/b18-9+. The Balaban J connectivity index is 1.91. The van der Waals surface area contributed by atoms with E-state index in [4.69, 9.17) is 0 Å². The molecule has 2 N–H and O–H groups in total. The van der Waals surface area contributed by atoms with Gasteiger partial charge in [0.15, 0.2) is 0 Å². The molecule has 1 aromatic carbocycles. The zero-order chi connectivity index (χ0) is 15.5. The summed E-state index contributed by atoms with van der Waals surface area (Å²) in [6.45, 7) is 0. The van der Waals surface area contributed by atoms with E-state index in [1.54, 1.807) is 29.9 Å². The average molecular weight is 294 g/mol. The molecule has 0 spiro atoms. The third-order valence-electron chi connectivity index (χ3n) is 3.33. The monoisotopic (exact) mass is 294 g/mol. The summed E-state index contributed by atoms with van der Waals surface area (Å²) in [6.07, 6.45) is 4.75. The SMILES string of the molecule is Cn1cc(C(=O)N/N=C/c2ccc[nH]2)c(=O)c2ccccc21. The lowest BCUT2D eigenvalue weighted by atomic mass is 10.1. The number of pyridine rings is 1. The minimum atomic E-state index is -0.533. The molecule has 0 radical (unpaired) electrons. The van der Waals surface area contributed by atoms with E-state index in [2.05, 4.69) is 15.5 Å². The first kappa shape index (κ1) is 13.8. The molecule has 0 aliphatic heterocycles. The smallest absolute Gasteiger partial charge is 0.276 e. The van der Waals surface area contributed by atoms with Crippen LogP contribution >= 0.6 is 0 Å². The summed E-state index contributed by atoms with van der Waals surface area (Å²) in [7, 11) is 1.79. The first-order chi connectivity index (χ1) is 10.7. The molecule has 0 atom stereocenters. The molecule has 0 bridgehead atoms. The van der Waals surface area contributed by atoms with Crippen molar-refractivity contribution in [2.75, 3.05) is 0 Å². The van der Waals surface area contributed by atoms with Crippen LogP contribution in [0.4, 0.5) is 0 Å². The molecule has 0 unspecified atom stereocenters. The number of H-pyrrole nitrogens is 1. The van der Waals surface area contributed by atoms with Crippen LogP contribution in [0.2, 0.25) is 0 Å². The maximum absolute atomic E-state index is 12.4. The minimum absolute atomic E-state index is 0.0600. The summed E-state index contributed by atoms with van der Waals surface area (Å²) in [6, 6.07) is 10.8. The largest absolute Gasteiger partial charge is 0.360 e. The number of nitrogens with one attached hydrogen (secondary N) is 2. The molecule has 2 heterocycles. The van der Waals surface area contributed by atoms with Gasteiger partial charge in [0.2, 0.25) is 5.43 Å². The number of hydrazone groups is 1. The molecule has 0 saturated heterocycles. The predicted octanol–water partition coefficient (Wildman–Crippen LogP) is 1.63. The number of hydrogen-bond acceptors (Lipinski definition) is 3. The van der Waals surface area contributed by atoms with Crippen LogP contribution in [0.3, 0.4) is 0 Å². The minimum Gasteiger partial charge on any atom is -0.360 e. The third-order valence-corrected chi connectivity index (χ3v) is 3.33. The van der Waals surface area contributed by atoms with Crippen molar-refractivity contribution >= 4 is 23.0 Å². The van der Waals surface area contributed by atoms with Crippen LogP contribution in [-0.4, -0.2) is 21.7 Å². The quantitative estimate of drug-likeness (QED) is 0.569. The van der Waals surface area contributed by atoms with E-state index >= 15 is 0 Å². The summed E-state index contributed by atoms with van der Waals surface area (Å²) < 4.78 is 1.75. The van der Waals surface area contributed by atoms with Crippen LogP contribution in [0.15, 0.2) is 58.7 Å². The number of para-hydroxylation sites is 1. The lowest BCUT2D eigenvalue weighted by molar-refractivity contribution is 0.0953. The third kappa shape index (κ3) is 2.54. The van der Waals surface area contributed by atoms with Gasteiger partial charge in [-0.1, -0.05) is 12.1 Å². The Kier molecular flexibility index (Phi) is 3.57. The van der Waals surface area contributed by atoms with Gasteiger partial charge in [-0.3, -0.25) is 9.59 Å². The molecule has 0 aliphatic carbocycles. The highest BCUT2D eigenvalue weighted by Crippen LogP contribution is 2.10. The number of rotatable bonds is 3. The van der Waals surface area contributed by atoms with Crippen molar-refractivity contribution in [3.63, 3.8) is 0 Å². The molecule has 3 aromatic rings. The molecule has 3 rings (SSSR count). The summed E-state index contributed by atoms with van der Waals surface area (Å²) in [5.41, 5.74) is 3.66. The maximum atomic E-state index is 12.4. The van der Waals surface area contributed by atoms with Gasteiger partial charge in [-0.25, -0.2) is 5.43 Å². The Morgan fingerprint density at radius 2 is 2.09 bits per heavy atom. The Hall–Kier alpha value is -3.15. The molecule has 1 amide bonds. The second kappa shape index (κ2) is 5.69. The lowest BCUT2D eigenvalue weighted by Gasteiger charge is -2.07. The van der Waals surface area contributed by atoms with Crippen molar-refractivity contribution < 1.29 is 4.79 Å². The van der Waals surface area contributed by atoms with Crippen molar-refractivity contribution in [2.24, 2.45) is 12.1 Å². The zero-order valence-electron chi connectivity index (χ0n) is 11.9. The second-order valence-corrected chi connectivity index (χ2v) is 4.82. The molecular formula is C16H14N4O2. The Morgan fingerprint density at radius 3 is 2.86 bits per heavy atom. The van der Waals surface area contributed by atoms with Gasteiger partial charge in [-0.15, -0.1) is 0 Å². The fourth-order valence-electron chi connectivity index (χ4n) is 2.25. The van der Waals surface area contributed by atoms with E-state index in [1.165, 1.54) is 12.4 Å². The van der Waals surface area contributed by atoms with Gasteiger partial charge in [0.25, 0.3) is 5.91 Å². The number of fused-ring (bicyclic) bond motifs is 1. The first-order valence-electron chi connectivity index (χ1n) is 6.72. The number of amides is 1. The zero-order valence-corrected chi connectivity index (χ0v) is 11.9. The van der Waals surface area contributed by atoms with E-state index in [0.29, 0.717) is 5.39 Å². The van der Waals surface area contributed by atoms with Gasteiger partial charge in [-0.2, -0.15) is 5.10 Å². The van der Waals surface area contributed by atoms with Crippen molar-refractivity contribution in [3.8, 4) is 0 Å². The normalized spacial score (nSPS) is 11.1. The number of carbonyl (C=O) groups excluding carboxylic acids is 1. The van der Waals surface area contributed by atoms with Crippen molar-refractivity contribution in [3.05, 3.63) is 70.3 Å². The highest BCUT2D eigenvalue weighted by atomic mass is 16.2. The van der Waals surface area contributed by atoms with Gasteiger partial charge in [0, 0.05) is 24.8 Å². The number of hydrogen-bond donors (Lipinski definition) is 2. The van der Waals surface area contributed by atoms with Crippen molar-refractivity contribution in [1.29, 1.82) is 0 Å². The number of carbonyl (C=O) groups is 1. The average Bonchev–Trinajstić information content (AvgIpc) is 3.04. The second-order valence-electron chi connectivity index (χ2n) is 4.82. The van der Waals surface area contributed by atoms with Crippen LogP contribution in [0.5, 0.6) is 0 Å². The van der Waals surface area contributed by atoms with Crippen LogP contribution in [-0.2, 0) is 7.05 Å². The summed E-state index contributed by atoms with van der Waals surface area (Å²) in [5.74, 6) is -0.533. The molecule has 2 aromatic heterocycles. The Bertz CT molecular complexity index is 908. The highest BCUT2D eigenvalue weighted by molar-refractivity contribution is 5.97. The van der Waals surface area contributed by atoms with E-state index in [1.807, 2.05) is 24.3 Å². The van der Waals surface area contributed by atoms with Gasteiger partial charge >= 0.3 is 0 Å². The lowest BCUT2D eigenvalue weighted by Crippen LogP contribution is -2.26. The Morgan fingerprint density at radius 1 is 1.27 bits per heavy atom. The van der Waals surface area contributed by atoms with E-state index in [0.717, 1.165) is 11.2 Å². The summed E-state index contributed by atoms with van der Waals surface area (Å²) in [5, 5.41) is 4.34. The van der Waals surface area contributed by atoms with E-state index < -0.39 is 5.91 Å².